The summed E-state index contributed by atoms with van der Waals surface area (Å²) in [6.45, 7) is 10.8. The Balaban J connectivity index is 1.65. The number of carboxylic acids is 1. The molecule has 1 N–H and O–H groups in total. The number of aryl methyl sites for hydroxylation is 1. The number of hydrogen-bond donors (Lipinski definition) is 1. The van der Waals surface area contributed by atoms with E-state index in [1.54, 1.807) is 7.11 Å². The number of aliphatic carboxylic acids is 1. The van der Waals surface area contributed by atoms with Gasteiger partial charge in [-0.3, -0.25) is 4.79 Å². The van der Waals surface area contributed by atoms with Gasteiger partial charge in [0.05, 0.1) is 25.2 Å². The van der Waals surface area contributed by atoms with Crippen molar-refractivity contribution in [2.45, 2.75) is 83.5 Å². The van der Waals surface area contributed by atoms with Crippen LogP contribution in [-0.2, 0) is 21.4 Å². The number of fused-ring (bicyclic) bond motifs is 3. The van der Waals surface area contributed by atoms with Crippen LogP contribution in [0.25, 0.3) is 0 Å². The molecule has 0 spiro atoms. The number of carboxylic acid groups (broad SMARTS) is 1. The average molecular weight is 467 g/mol. The zero-order valence-corrected chi connectivity index (χ0v) is 21.3. The van der Waals surface area contributed by atoms with E-state index >= 15 is 0 Å². The zero-order valence-electron chi connectivity index (χ0n) is 21.3. The standard InChI is InChI=1S/C29H38O5/c1-7-28(2,3)19-12-14-25-21(16-19)26-23(29(4,5)34-25)17-22(27(30)31)24(33-26)13-11-18-9-8-10-20(15-18)32-6/h8-10,12,14-16,22-24,26H,7,11,13,17H2,1-6H3,(H,30,31)/t22-,23+,24+,26-/m1/s1. The van der Waals surface area contributed by atoms with Gasteiger partial charge in [-0.1, -0.05) is 39.0 Å². The van der Waals surface area contributed by atoms with Crippen LogP contribution in [0.4, 0.5) is 0 Å². The molecule has 0 bridgehead atoms. The molecule has 1 saturated heterocycles. The van der Waals surface area contributed by atoms with Gasteiger partial charge >= 0.3 is 5.97 Å². The van der Waals surface area contributed by atoms with Crippen LogP contribution in [-0.4, -0.2) is 29.9 Å². The van der Waals surface area contributed by atoms with Crippen LogP contribution in [0.5, 0.6) is 11.5 Å². The highest BCUT2D eigenvalue weighted by Crippen LogP contribution is 2.53. The number of ether oxygens (including phenoxy) is 3. The van der Waals surface area contributed by atoms with Crippen molar-refractivity contribution in [1.29, 1.82) is 0 Å². The number of benzene rings is 2. The number of hydrogen-bond acceptors (Lipinski definition) is 4. The second kappa shape index (κ2) is 9.26. The van der Waals surface area contributed by atoms with Crippen molar-refractivity contribution in [2.75, 3.05) is 7.11 Å². The van der Waals surface area contributed by atoms with Gasteiger partial charge in [0, 0.05) is 11.5 Å². The first-order valence-electron chi connectivity index (χ1n) is 12.4. The van der Waals surface area contributed by atoms with Crippen LogP contribution >= 0.6 is 0 Å². The van der Waals surface area contributed by atoms with E-state index in [0.717, 1.165) is 35.5 Å². The van der Waals surface area contributed by atoms with Crippen molar-refractivity contribution in [3.8, 4) is 11.5 Å². The number of methoxy groups -OCH3 is 1. The van der Waals surface area contributed by atoms with Crippen LogP contribution in [0.2, 0.25) is 0 Å². The Bertz CT molecular complexity index is 1040. The third-order valence-electron chi connectivity index (χ3n) is 8.06. The summed E-state index contributed by atoms with van der Waals surface area (Å²) >= 11 is 0. The molecule has 5 heteroatoms. The first-order chi connectivity index (χ1) is 16.1. The molecule has 34 heavy (non-hydrogen) atoms. The van der Waals surface area contributed by atoms with Crippen LogP contribution < -0.4 is 9.47 Å². The molecular formula is C29H38O5. The summed E-state index contributed by atoms with van der Waals surface area (Å²) in [5.74, 6) is 0.266. The minimum absolute atomic E-state index is 0.0332. The molecule has 5 nitrogen and oxygen atoms in total. The van der Waals surface area contributed by atoms with Crippen molar-refractivity contribution in [3.63, 3.8) is 0 Å². The van der Waals surface area contributed by atoms with Gasteiger partial charge in [-0.05, 0) is 80.3 Å². The van der Waals surface area contributed by atoms with Gasteiger partial charge in [0.2, 0.25) is 0 Å². The van der Waals surface area contributed by atoms with E-state index in [1.165, 1.54) is 5.56 Å². The van der Waals surface area contributed by atoms with Crippen molar-refractivity contribution >= 4 is 5.97 Å². The van der Waals surface area contributed by atoms with Crippen LogP contribution in [0.1, 0.15) is 76.7 Å². The van der Waals surface area contributed by atoms with E-state index in [0.29, 0.717) is 12.8 Å². The molecule has 2 aromatic rings. The molecular weight excluding hydrogens is 428 g/mol. The fourth-order valence-corrected chi connectivity index (χ4v) is 5.38. The molecule has 2 aliphatic rings. The topological polar surface area (TPSA) is 65.0 Å². The lowest BCUT2D eigenvalue weighted by Crippen LogP contribution is -2.52. The lowest BCUT2D eigenvalue weighted by Gasteiger charge is -2.50. The number of rotatable bonds is 7. The first-order valence-corrected chi connectivity index (χ1v) is 12.4. The summed E-state index contributed by atoms with van der Waals surface area (Å²) in [7, 11) is 1.66. The van der Waals surface area contributed by atoms with Gasteiger partial charge in [0.25, 0.3) is 0 Å². The maximum absolute atomic E-state index is 12.3. The Labute approximate surface area is 203 Å². The third kappa shape index (κ3) is 4.68. The van der Waals surface area contributed by atoms with E-state index in [-0.39, 0.29) is 23.5 Å². The van der Waals surface area contributed by atoms with Crippen LogP contribution in [0.15, 0.2) is 42.5 Å². The van der Waals surface area contributed by atoms with Gasteiger partial charge in [-0.15, -0.1) is 0 Å². The predicted octanol–water partition coefficient (Wildman–Crippen LogP) is 6.33. The maximum atomic E-state index is 12.3. The second-order valence-electron chi connectivity index (χ2n) is 11.0. The molecule has 0 aromatic heterocycles. The minimum atomic E-state index is -0.795. The molecule has 4 rings (SSSR count). The molecule has 0 aliphatic carbocycles. The molecule has 2 aromatic carbocycles. The van der Waals surface area contributed by atoms with Gasteiger partial charge in [-0.2, -0.15) is 0 Å². The summed E-state index contributed by atoms with van der Waals surface area (Å²) in [5.41, 5.74) is 2.96. The van der Waals surface area contributed by atoms with E-state index in [9.17, 15) is 9.90 Å². The van der Waals surface area contributed by atoms with E-state index < -0.39 is 17.5 Å². The summed E-state index contributed by atoms with van der Waals surface area (Å²) in [4.78, 5) is 12.3. The fourth-order valence-electron chi connectivity index (χ4n) is 5.38. The Morgan fingerprint density at radius 1 is 1.21 bits per heavy atom. The van der Waals surface area contributed by atoms with Crippen LogP contribution in [0, 0.1) is 11.8 Å². The summed E-state index contributed by atoms with van der Waals surface area (Å²) < 4.78 is 18.5. The monoisotopic (exact) mass is 466 g/mol. The van der Waals surface area contributed by atoms with E-state index in [4.69, 9.17) is 14.2 Å². The molecule has 184 valence electrons. The quantitative estimate of drug-likeness (QED) is 0.516. The molecule has 0 saturated carbocycles. The first kappa shape index (κ1) is 24.6. The average Bonchev–Trinajstić information content (AvgIpc) is 2.81. The lowest BCUT2D eigenvalue weighted by molar-refractivity contribution is -0.188. The summed E-state index contributed by atoms with van der Waals surface area (Å²) in [5, 5.41) is 10.1. The highest BCUT2D eigenvalue weighted by molar-refractivity contribution is 5.71. The van der Waals surface area contributed by atoms with E-state index in [1.807, 2.05) is 18.2 Å². The van der Waals surface area contributed by atoms with Crippen LogP contribution in [0.3, 0.4) is 0 Å². The van der Waals surface area contributed by atoms with Gasteiger partial charge in [-0.25, -0.2) is 0 Å². The molecule has 0 unspecified atom stereocenters. The summed E-state index contributed by atoms with van der Waals surface area (Å²) in [6.07, 6.45) is 2.39. The molecule has 0 radical (unpaired) electrons. The summed E-state index contributed by atoms with van der Waals surface area (Å²) in [6, 6.07) is 14.4. The molecule has 1 fully saturated rings. The molecule has 4 atom stereocenters. The maximum Gasteiger partial charge on any atom is 0.309 e. The Morgan fingerprint density at radius 2 is 1.97 bits per heavy atom. The fraction of sp³-hybridized carbons (Fsp3) is 0.552. The highest BCUT2D eigenvalue weighted by Gasteiger charge is 2.52. The molecule has 0 amide bonds. The third-order valence-corrected chi connectivity index (χ3v) is 8.06. The zero-order chi connectivity index (χ0) is 24.7. The largest absolute Gasteiger partial charge is 0.497 e. The van der Waals surface area contributed by atoms with Crippen molar-refractivity contribution < 1.29 is 24.1 Å². The predicted molar refractivity (Wildman–Crippen MR) is 133 cm³/mol. The normalized spacial score (nSPS) is 25.6. The Kier molecular flexibility index (Phi) is 6.69. The smallest absolute Gasteiger partial charge is 0.309 e. The SMILES string of the molecule is CCC(C)(C)c1ccc2c(c1)[C@H]1O[C@@H](CCc3cccc(OC)c3)[C@H](C(=O)O)C[C@@H]1C(C)(C)O2. The highest BCUT2D eigenvalue weighted by atomic mass is 16.5. The Morgan fingerprint density at radius 3 is 2.65 bits per heavy atom. The van der Waals surface area contributed by atoms with Gasteiger partial charge in [0.1, 0.15) is 17.1 Å². The van der Waals surface area contributed by atoms with Crippen molar-refractivity contribution in [2.24, 2.45) is 11.8 Å². The van der Waals surface area contributed by atoms with Gasteiger partial charge < -0.3 is 19.3 Å². The molecule has 2 heterocycles. The number of carbonyl (C=O) groups is 1. The van der Waals surface area contributed by atoms with E-state index in [2.05, 4.69) is 58.9 Å². The molecule has 2 aliphatic heterocycles. The Hall–Kier alpha value is -2.53. The lowest BCUT2D eigenvalue weighted by atomic mass is 9.70. The van der Waals surface area contributed by atoms with Gasteiger partial charge in [0.15, 0.2) is 0 Å². The van der Waals surface area contributed by atoms with Crippen molar-refractivity contribution in [1.82, 2.24) is 0 Å². The van der Waals surface area contributed by atoms with Crippen molar-refractivity contribution in [3.05, 3.63) is 59.2 Å². The minimum Gasteiger partial charge on any atom is -0.497 e. The second-order valence-corrected chi connectivity index (χ2v) is 11.0.